The Balaban J connectivity index is 1.53. The maximum Gasteiger partial charge on any atom is 0.152 e. The van der Waals surface area contributed by atoms with Crippen LogP contribution in [0.5, 0.6) is 11.5 Å². The predicted molar refractivity (Wildman–Crippen MR) is 106 cm³/mol. The van der Waals surface area contributed by atoms with E-state index in [4.69, 9.17) is 14.3 Å². The highest BCUT2D eigenvalue weighted by Gasteiger charge is 2.20. The zero-order valence-corrected chi connectivity index (χ0v) is 15.7. The summed E-state index contributed by atoms with van der Waals surface area (Å²) in [7, 11) is 3.41. The van der Waals surface area contributed by atoms with Crippen molar-refractivity contribution in [2.45, 2.75) is 18.9 Å². The molecule has 0 bridgehead atoms. The molecule has 3 aromatic rings. The number of piperidine rings is 1. The minimum atomic E-state index is 0.238. The van der Waals surface area contributed by atoms with Gasteiger partial charge in [0.1, 0.15) is 17.4 Å². The van der Waals surface area contributed by atoms with Crippen LogP contribution < -0.4 is 9.47 Å². The topological polar surface area (TPSA) is 43.8 Å². The number of benzene rings is 2. The van der Waals surface area contributed by atoms with Crippen molar-refractivity contribution in [1.29, 1.82) is 0 Å². The van der Waals surface area contributed by atoms with Crippen molar-refractivity contribution in [3.05, 3.63) is 54.7 Å². The van der Waals surface area contributed by atoms with Crippen molar-refractivity contribution in [2.75, 3.05) is 27.3 Å². The van der Waals surface area contributed by atoms with Gasteiger partial charge in [-0.3, -0.25) is 4.98 Å². The highest BCUT2D eigenvalue weighted by atomic mass is 16.7. The smallest absolute Gasteiger partial charge is 0.152 e. The molecule has 1 aromatic heterocycles. The lowest BCUT2D eigenvalue weighted by Crippen LogP contribution is -2.37. The first kappa shape index (κ1) is 17.8. The Bertz CT molecular complexity index is 903. The largest absolute Gasteiger partial charge is 0.494 e. The molecule has 0 radical (unpaired) electrons. The van der Waals surface area contributed by atoms with Gasteiger partial charge in [0.2, 0.25) is 0 Å². The minimum absolute atomic E-state index is 0.238. The summed E-state index contributed by atoms with van der Waals surface area (Å²) in [5.74, 6) is 1.70. The van der Waals surface area contributed by atoms with Gasteiger partial charge in [-0.25, -0.2) is 0 Å². The summed E-state index contributed by atoms with van der Waals surface area (Å²) in [6.45, 7) is 1.81. The number of hydrogen-bond acceptors (Lipinski definition) is 5. The molecule has 2 aromatic carbocycles. The summed E-state index contributed by atoms with van der Waals surface area (Å²) in [5.41, 5.74) is 2.99. The Morgan fingerprint density at radius 3 is 2.44 bits per heavy atom. The SMILES string of the molecule is COc1c(-c2ccc(OC3CCN(OC)CC3)cc2)ccc2cccnc12. The number of ether oxygens (including phenoxy) is 2. The van der Waals surface area contributed by atoms with E-state index in [-0.39, 0.29) is 6.10 Å². The number of pyridine rings is 1. The number of aromatic nitrogens is 1. The molecule has 0 saturated carbocycles. The third-order valence-electron chi connectivity index (χ3n) is 5.06. The lowest BCUT2D eigenvalue weighted by atomic mass is 10.0. The van der Waals surface area contributed by atoms with Crippen molar-refractivity contribution >= 4 is 10.9 Å². The predicted octanol–water partition coefficient (Wildman–Crippen LogP) is 4.32. The van der Waals surface area contributed by atoms with E-state index in [1.165, 1.54) is 0 Å². The molecule has 0 atom stereocenters. The van der Waals surface area contributed by atoms with E-state index in [1.807, 2.05) is 29.3 Å². The molecule has 5 nitrogen and oxygen atoms in total. The molecule has 140 valence electrons. The van der Waals surface area contributed by atoms with Gasteiger partial charge in [-0.05, 0) is 42.7 Å². The van der Waals surface area contributed by atoms with Crippen LogP contribution in [-0.4, -0.2) is 43.5 Å². The Morgan fingerprint density at radius 1 is 0.963 bits per heavy atom. The summed E-state index contributed by atoms with van der Waals surface area (Å²) in [6.07, 6.45) is 3.97. The number of hydrogen-bond donors (Lipinski definition) is 0. The molecular formula is C22H24N2O3. The highest BCUT2D eigenvalue weighted by molar-refractivity contribution is 5.92. The van der Waals surface area contributed by atoms with Crippen LogP contribution in [0.4, 0.5) is 0 Å². The molecule has 0 aliphatic carbocycles. The number of methoxy groups -OCH3 is 1. The van der Waals surface area contributed by atoms with Crippen LogP contribution in [0.15, 0.2) is 54.7 Å². The quantitative estimate of drug-likeness (QED) is 0.675. The average molecular weight is 364 g/mol. The monoisotopic (exact) mass is 364 g/mol. The summed E-state index contributed by atoms with van der Waals surface area (Å²) in [6, 6.07) is 16.3. The van der Waals surface area contributed by atoms with Gasteiger partial charge in [0.15, 0.2) is 5.75 Å². The van der Waals surface area contributed by atoms with Gasteiger partial charge in [0, 0.05) is 30.2 Å². The number of fused-ring (bicyclic) bond motifs is 1. The normalized spacial score (nSPS) is 15.8. The van der Waals surface area contributed by atoms with E-state index in [9.17, 15) is 0 Å². The van der Waals surface area contributed by atoms with Gasteiger partial charge in [-0.1, -0.05) is 24.3 Å². The number of hydroxylamine groups is 2. The average Bonchev–Trinajstić information content (AvgIpc) is 2.74. The third kappa shape index (κ3) is 3.75. The first-order valence-electron chi connectivity index (χ1n) is 9.26. The molecule has 0 unspecified atom stereocenters. The number of rotatable bonds is 5. The molecule has 0 spiro atoms. The summed E-state index contributed by atoms with van der Waals surface area (Å²) in [4.78, 5) is 9.75. The van der Waals surface area contributed by atoms with E-state index >= 15 is 0 Å². The lowest BCUT2D eigenvalue weighted by molar-refractivity contribution is -0.152. The van der Waals surface area contributed by atoms with E-state index in [0.717, 1.165) is 59.5 Å². The number of nitrogens with zero attached hydrogens (tertiary/aromatic N) is 2. The maximum atomic E-state index is 6.14. The summed E-state index contributed by atoms with van der Waals surface area (Å²) in [5, 5.41) is 3.05. The van der Waals surface area contributed by atoms with Crippen LogP contribution in [0.3, 0.4) is 0 Å². The second-order valence-corrected chi connectivity index (χ2v) is 6.67. The van der Waals surface area contributed by atoms with Crippen LogP contribution in [0, 0.1) is 0 Å². The standard InChI is InChI=1S/C22H24N2O3/c1-25-22-20(10-7-17-4-3-13-23-21(17)22)16-5-8-18(9-6-16)27-19-11-14-24(26-2)15-12-19/h3-10,13,19H,11-12,14-15H2,1-2H3. The van der Waals surface area contributed by atoms with Gasteiger partial charge < -0.3 is 14.3 Å². The van der Waals surface area contributed by atoms with E-state index in [0.29, 0.717) is 0 Å². The zero-order valence-electron chi connectivity index (χ0n) is 15.7. The van der Waals surface area contributed by atoms with Crippen molar-refractivity contribution in [3.63, 3.8) is 0 Å². The van der Waals surface area contributed by atoms with Crippen LogP contribution in [-0.2, 0) is 4.84 Å². The highest BCUT2D eigenvalue weighted by Crippen LogP contribution is 2.36. The van der Waals surface area contributed by atoms with Gasteiger partial charge in [-0.15, -0.1) is 0 Å². The molecule has 4 rings (SSSR count). The third-order valence-corrected chi connectivity index (χ3v) is 5.06. The molecular weight excluding hydrogens is 340 g/mol. The molecule has 1 aliphatic rings. The van der Waals surface area contributed by atoms with Crippen molar-refractivity contribution < 1.29 is 14.3 Å². The van der Waals surface area contributed by atoms with Crippen molar-refractivity contribution in [2.24, 2.45) is 0 Å². The Labute approximate surface area is 159 Å². The Hall–Kier alpha value is -2.63. The molecule has 0 N–H and O–H groups in total. The van der Waals surface area contributed by atoms with Gasteiger partial charge in [0.05, 0.1) is 14.2 Å². The molecule has 5 heteroatoms. The second-order valence-electron chi connectivity index (χ2n) is 6.67. The molecule has 1 fully saturated rings. The van der Waals surface area contributed by atoms with Crippen LogP contribution in [0.1, 0.15) is 12.8 Å². The maximum absolute atomic E-state index is 6.14. The van der Waals surface area contributed by atoms with E-state index < -0.39 is 0 Å². The van der Waals surface area contributed by atoms with Crippen molar-refractivity contribution in [3.8, 4) is 22.6 Å². The molecule has 0 amide bonds. The molecule has 1 saturated heterocycles. The minimum Gasteiger partial charge on any atom is -0.494 e. The lowest BCUT2D eigenvalue weighted by Gasteiger charge is -2.30. The van der Waals surface area contributed by atoms with Gasteiger partial charge >= 0.3 is 0 Å². The fraction of sp³-hybridized carbons (Fsp3) is 0.318. The van der Waals surface area contributed by atoms with Crippen LogP contribution in [0.2, 0.25) is 0 Å². The fourth-order valence-electron chi connectivity index (χ4n) is 3.59. The van der Waals surface area contributed by atoms with Gasteiger partial charge in [-0.2, -0.15) is 5.06 Å². The molecule has 2 heterocycles. The fourth-order valence-corrected chi connectivity index (χ4v) is 3.59. The van der Waals surface area contributed by atoms with E-state index in [2.05, 4.69) is 29.2 Å². The molecule has 1 aliphatic heterocycles. The Kier molecular flexibility index (Phi) is 5.23. The van der Waals surface area contributed by atoms with Crippen LogP contribution in [0.25, 0.3) is 22.0 Å². The zero-order chi connectivity index (χ0) is 18.6. The first-order chi connectivity index (χ1) is 13.3. The Morgan fingerprint density at radius 2 is 1.74 bits per heavy atom. The van der Waals surface area contributed by atoms with Gasteiger partial charge in [0.25, 0.3) is 0 Å². The summed E-state index contributed by atoms with van der Waals surface area (Å²) >= 11 is 0. The van der Waals surface area contributed by atoms with E-state index in [1.54, 1.807) is 20.4 Å². The second kappa shape index (κ2) is 7.94. The van der Waals surface area contributed by atoms with Crippen LogP contribution >= 0.6 is 0 Å². The van der Waals surface area contributed by atoms with Crippen molar-refractivity contribution in [1.82, 2.24) is 10.0 Å². The summed E-state index contributed by atoms with van der Waals surface area (Å²) < 4.78 is 11.8. The molecule has 27 heavy (non-hydrogen) atoms. The first-order valence-corrected chi connectivity index (χ1v) is 9.26.